The van der Waals surface area contributed by atoms with Gasteiger partial charge in [-0.05, 0) is 36.2 Å². The van der Waals surface area contributed by atoms with E-state index in [0.29, 0.717) is 24.8 Å². The quantitative estimate of drug-likeness (QED) is 0.319. The van der Waals surface area contributed by atoms with Crippen molar-refractivity contribution in [1.82, 2.24) is 0 Å². The Morgan fingerprint density at radius 2 is 1.88 bits per heavy atom. The van der Waals surface area contributed by atoms with Crippen LogP contribution in [0.4, 0.5) is 0 Å². The normalized spacial score (nSPS) is 37.8. The van der Waals surface area contributed by atoms with Crippen molar-refractivity contribution < 1.29 is 37.8 Å². The molecule has 0 bridgehead atoms. The van der Waals surface area contributed by atoms with Crippen molar-refractivity contribution in [2.24, 2.45) is 28.6 Å². The van der Waals surface area contributed by atoms with Crippen LogP contribution in [0.25, 0.3) is 0 Å². The summed E-state index contributed by atoms with van der Waals surface area (Å²) in [5.41, 5.74) is -1.05. The molecule has 2 heterocycles. The van der Waals surface area contributed by atoms with Gasteiger partial charge in [-0.3, -0.25) is 14.4 Å². The molecule has 0 amide bonds. The Labute approximate surface area is 211 Å². The maximum atomic E-state index is 13.9. The number of carbonyl (C=O) groups excluding carboxylic acids is 4. The lowest BCUT2D eigenvalue weighted by Crippen LogP contribution is -2.65. The lowest BCUT2D eigenvalue weighted by Gasteiger charge is -2.61. The Bertz CT molecular complexity index is 1000. The number of fused-ring (bicyclic) bond motifs is 3. The van der Waals surface area contributed by atoms with Crippen LogP contribution >= 0.6 is 34.8 Å². The first-order valence-corrected chi connectivity index (χ1v) is 12.1. The third-order valence-corrected chi connectivity index (χ3v) is 8.45. The molecule has 0 aromatic carbocycles. The van der Waals surface area contributed by atoms with Crippen molar-refractivity contribution in [2.75, 3.05) is 7.11 Å². The molecule has 1 aromatic heterocycles. The Morgan fingerprint density at radius 1 is 1.18 bits per heavy atom. The molecule has 1 aliphatic heterocycles. The van der Waals surface area contributed by atoms with Crippen molar-refractivity contribution in [2.45, 2.75) is 55.5 Å². The number of furan rings is 1. The molecule has 34 heavy (non-hydrogen) atoms. The molecule has 1 saturated heterocycles. The fraction of sp³-hybridized carbons (Fsp3) is 0.652. The molecule has 2 saturated carbocycles. The maximum absolute atomic E-state index is 13.9. The topological polar surface area (TPSA) is 109 Å². The minimum Gasteiger partial charge on any atom is -0.472 e. The van der Waals surface area contributed by atoms with Crippen molar-refractivity contribution in [3.05, 3.63) is 24.2 Å². The zero-order chi connectivity index (χ0) is 25.1. The second-order valence-corrected chi connectivity index (χ2v) is 12.1. The van der Waals surface area contributed by atoms with Gasteiger partial charge in [-0.25, -0.2) is 4.79 Å². The molecular weight excluding hydrogens is 511 g/mol. The monoisotopic (exact) mass is 534 g/mol. The highest BCUT2D eigenvalue weighted by Crippen LogP contribution is 2.65. The number of hydrogen-bond acceptors (Lipinski definition) is 8. The molecule has 8 nitrogen and oxygen atoms in total. The Hall–Kier alpha value is -1.77. The number of Topliss-reactive ketones (excluding diaryl/α,β-unsaturated/α-hetero) is 1. The summed E-state index contributed by atoms with van der Waals surface area (Å²) in [4.78, 5) is 52.2. The standard InChI is InChI=1S/C23H25Cl3O8/c1-21-6-4-12-19(29)33-15(11-5-7-32-10-11)9-22(12,2)17(21)16(27)14(8-13(21)18(28)31-3)34-20(30)23(24,25)26/h5,7,10,12-15,17H,4,6,8-9H2,1-3H3/t12-,13-,14-,15-,17-,21-,22-/m0/s1. The first-order valence-electron chi connectivity index (χ1n) is 10.9. The van der Waals surface area contributed by atoms with Gasteiger partial charge in [0.25, 0.3) is 3.79 Å². The van der Waals surface area contributed by atoms with Crippen LogP contribution in [0.5, 0.6) is 0 Å². The van der Waals surface area contributed by atoms with Gasteiger partial charge in [-0.1, -0.05) is 48.7 Å². The average molecular weight is 536 g/mol. The molecule has 3 fully saturated rings. The van der Waals surface area contributed by atoms with E-state index in [-0.39, 0.29) is 6.42 Å². The lowest BCUT2D eigenvalue weighted by atomic mass is 9.43. The number of halogens is 3. The highest BCUT2D eigenvalue weighted by atomic mass is 35.6. The predicted octanol–water partition coefficient (Wildman–Crippen LogP) is 4.35. The summed E-state index contributed by atoms with van der Waals surface area (Å²) in [6.45, 7) is 3.72. The molecule has 0 spiro atoms. The van der Waals surface area contributed by atoms with Crippen molar-refractivity contribution in [3.63, 3.8) is 0 Å². The lowest BCUT2D eigenvalue weighted by molar-refractivity contribution is -0.210. The predicted molar refractivity (Wildman–Crippen MR) is 120 cm³/mol. The first kappa shape index (κ1) is 25.3. The number of hydrogen-bond donors (Lipinski definition) is 0. The van der Waals surface area contributed by atoms with Crippen LogP contribution in [-0.4, -0.2) is 40.7 Å². The highest BCUT2D eigenvalue weighted by molar-refractivity contribution is 6.75. The van der Waals surface area contributed by atoms with Crippen LogP contribution in [0.15, 0.2) is 23.0 Å². The number of cyclic esters (lactones) is 1. The summed E-state index contributed by atoms with van der Waals surface area (Å²) in [6.07, 6.45) is 2.12. The molecule has 0 N–H and O–H groups in total. The minimum absolute atomic E-state index is 0.0959. The molecule has 1 aromatic rings. The van der Waals surface area contributed by atoms with E-state index in [2.05, 4.69) is 0 Å². The summed E-state index contributed by atoms with van der Waals surface area (Å²) < 4.78 is 18.9. The third kappa shape index (κ3) is 4.01. The summed E-state index contributed by atoms with van der Waals surface area (Å²) >= 11 is 17.0. The van der Waals surface area contributed by atoms with Gasteiger partial charge in [0.2, 0.25) is 0 Å². The summed E-state index contributed by atoms with van der Waals surface area (Å²) in [7, 11) is 1.26. The number of ketones is 1. The molecular formula is C23H25Cl3O8. The van der Waals surface area contributed by atoms with E-state index in [1.54, 1.807) is 6.07 Å². The van der Waals surface area contributed by atoms with Gasteiger partial charge in [0, 0.05) is 17.9 Å². The van der Waals surface area contributed by atoms with E-state index < -0.39 is 68.3 Å². The van der Waals surface area contributed by atoms with Crippen molar-refractivity contribution in [3.8, 4) is 0 Å². The van der Waals surface area contributed by atoms with Crippen LogP contribution in [0.2, 0.25) is 0 Å². The van der Waals surface area contributed by atoms with Crippen LogP contribution in [0.3, 0.4) is 0 Å². The largest absolute Gasteiger partial charge is 0.472 e. The zero-order valence-electron chi connectivity index (χ0n) is 18.8. The fourth-order valence-electron chi connectivity index (χ4n) is 6.46. The second kappa shape index (κ2) is 8.71. The molecule has 3 aliphatic rings. The fourth-order valence-corrected chi connectivity index (χ4v) is 6.59. The Morgan fingerprint density at radius 3 is 2.47 bits per heavy atom. The van der Waals surface area contributed by atoms with Crippen molar-refractivity contribution in [1.29, 1.82) is 0 Å². The molecule has 2 aliphatic carbocycles. The molecule has 0 radical (unpaired) electrons. The van der Waals surface area contributed by atoms with Gasteiger partial charge in [-0.15, -0.1) is 0 Å². The van der Waals surface area contributed by atoms with Gasteiger partial charge < -0.3 is 18.6 Å². The van der Waals surface area contributed by atoms with E-state index in [9.17, 15) is 19.2 Å². The maximum Gasteiger partial charge on any atom is 0.359 e. The van der Waals surface area contributed by atoms with Gasteiger partial charge in [0.05, 0.1) is 31.5 Å². The van der Waals surface area contributed by atoms with Gasteiger partial charge in [0.15, 0.2) is 11.9 Å². The first-order chi connectivity index (χ1) is 15.8. The summed E-state index contributed by atoms with van der Waals surface area (Å²) in [5, 5.41) is 0. The second-order valence-electron chi connectivity index (χ2n) is 9.83. The molecule has 4 rings (SSSR count). The van der Waals surface area contributed by atoms with Crippen molar-refractivity contribution >= 4 is 58.5 Å². The summed E-state index contributed by atoms with van der Waals surface area (Å²) in [6, 6.07) is 1.70. The van der Waals surface area contributed by atoms with Crippen LogP contribution < -0.4 is 0 Å². The zero-order valence-corrected chi connectivity index (χ0v) is 21.1. The average Bonchev–Trinajstić information content (AvgIpc) is 3.28. The number of rotatable bonds is 3. The smallest absolute Gasteiger partial charge is 0.359 e. The van der Waals surface area contributed by atoms with E-state index in [1.165, 1.54) is 19.6 Å². The SMILES string of the molecule is COC(=O)[C@@H]1C[C@H](OC(=O)C(Cl)(Cl)Cl)C(=O)[C@H]2[C@@]1(C)CC[C@H]1C(=O)O[C@H](c3ccoc3)C[C@]21C. The van der Waals surface area contributed by atoms with E-state index >= 15 is 0 Å². The van der Waals surface area contributed by atoms with E-state index in [0.717, 1.165) is 0 Å². The third-order valence-electron chi connectivity index (χ3n) is 7.98. The van der Waals surface area contributed by atoms with E-state index in [4.69, 9.17) is 53.4 Å². The van der Waals surface area contributed by atoms with E-state index in [1.807, 2.05) is 13.8 Å². The minimum atomic E-state index is -2.39. The molecule has 7 atom stereocenters. The summed E-state index contributed by atoms with van der Waals surface area (Å²) in [5.74, 6) is -4.70. The van der Waals surface area contributed by atoms with Crippen LogP contribution in [0.1, 0.15) is 51.2 Å². The van der Waals surface area contributed by atoms with Gasteiger partial charge >= 0.3 is 17.9 Å². The molecule has 186 valence electrons. The van der Waals surface area contributed by atoms with Crippen LogP contribution in [-0.2, 0) is 33.4 Å². The highest BCUT2D eigenvalue weighted by Gasteiger charge is 2.68. The van der Waals surface area contributed by atoms with Gasteiger partial charge in [-0.2, -0.15) is 0 Å². The number of ether oxygens (including phenoxy) is 3. The number of carbonyl (C=O) groups is 4. The Kier molecular flexibility index (Phi) is 6.49. The molecule has 11 heteroatoms. The number of esters is 3. The van der Waals surface area contributed by atoms with Gasteiger partial charge in [0.1, 0.15) is 6.10 Å². The number of alkyl halides is 3. The number of methoxy groups -OCH3 is 1. The molecule has 0 unspecified atom stereocenters. The van der Waals surface area contributed by atoms with Crippen LogP contribution in [0, 0.1) is 28.6 Å². The Balaban J connectivity index is 1.78.